The fraction of sp³-hybridized carbons (Fsp3) is 0.909. The number of hydrogen-bond acceptors (Lipinski definition) is 3. The van der Waals surface area contributed by atoms with E-state index in [-0.39, 0.29) is 11.4 Å². The van der Waals surface area contributed by atoms with E-state index in [2.05, 4.69) is 19.2 Å². The number of amides is 1. The molecule has 0 aromatic heterocycles. The minimum atomic E-state index is -0.401. The maximum Gasteiger partial charge on any atom is 0.237 e. The van der Waals surface area contributed by atoms with Gasteiger partial charge >= 0.3 is 0 Å². The van der Waals surface area contributed by atoms with Gasteiger partial charge in [-0.3, -0.25) is 4.79 Å². The van der Waals surface area contributed by atoms with Gasteiger partial charge in [-0.15, -0.1) is 0 Å². The lowest BCUT2D eigenvalue weighted by Gasteiger charge is -2.26. The van der Waals surface area contributed by atoms with Crippen LogP contribution in [0.15, 0.2) is 0 Å². The molecule has 1 amide bonds. The zero-order valence-corrected chi connectivity index (χ0v) is 9.88. The Kier molecular flexibility index (Phi) is 4.11. The molecule has 0 aliphatic carbocycles. The molecular formula is C11H22N2O2. The van der Waals surface area contributed by atoms with Gasteiger partial charge in [-0.2, -0.15) is 0 Å². The number of rotatable bonds is 4. The van der Waals surface area contributed by atoms with E-state index in [1.54, 1.807) is 0 Å². The smallest absolute Gasteiger partial charge is 0.237 e. The maximum absolute atomic E-state index is 11.7. The fourth-order valence-corrected chi connectivity index (χ4v) is 1.77. The van der Waals surface area contributed by atoms with E-state index in [1.807, 2.05) is 6.92 Å². The lowest BCUT2D eigenvalue weighted by Crippen LogP contribution is -2.52. The van der Waals surface area contributed by atoms with Gasteiger partial charge in [0.15, 0.2) is 0 Å². The highest BCUT2D eigenvalue weighted by Gasteiger charge is 2.32. The standard InChI is InChI=1S/C11H22N2O2/c1-8(2)6-9(12)10(14)13-11(3)4-5-15-7-11/h8-9H,4-7,12H2,1-3H3,(H,13,14). The second-order valence-electron chi connectivity index (χ2n) is 5.09. The van der Waals surface area contributed by atoms with Crippen LogP contribution in [0.5, 0.6) is 0 Å². The minimum Gasteiger partial charge on any atom is -0.379 e. The van der Waals surface area contributed by atoms with Gasteiger partial charge in [-0.25, -0.2) is 0 Å². The first-order valence-corrected chi connectivity index (χ1v) is 5.58. The lowest BCUT2D eigenvalue weighted by molar-refractivity contribution is -0.124. The average molecular weight is 214 g/mol. The van der Waals surface area contributed by atoms with Crippen LogP contribution in [0.3, 0.4) is 0 Å². The molecule has 0 spiro atoms. The van der Waals surface area contributed by atoms with E-state index in [9.17, 15) is 4.79 Å². The molecule has 1 aliphatic heterocycles. The number of carbonyl (C=O) groups is 1. The SMILES string of the molecule is CC(C)CC(N)C(=O)NC1(C)CCOC1. The van der Waals surface area contributed by atoms with Crippen molar-refractivity contribution in [1.29, 1.82) is 0 Å². The first kappa shape index (κ1) is 12.5. The normalized spacial score (nSPS) is 28.1. The lowest BCUT2D eigenvalue weighted by atomic mass is 9.99. The van der Waals surface area contributed by atoms with Gasteiger partial charge in [0.2, 0.25) is 5.91 Å². The third kappa shape index (κ3) is 3.80. The molecule has 0 aromatic carbocycles. The van der Waals surface area contributed by atoms with Crippen molar-refractivity contribution in [1.82, 2.24) is 5.32 Å². The van der Waals surface area contributed by atoms with Gasteiger partial charge in [-0.05, 0) is 25.7 Å². The van der Waals surface area contributed by atoms with Crippen molar-refractivity contribution in [2.75, 3.05) is 13.2 Å². The van der Waals surface area contributed by atoms with Gasteiger partial charge in [-0.1, -0.05) is 13.8 Å². The number of hydrogen-bond donors (Lipinski definition) is 2. The molecule has 0 bridgehead atoms. The minimum absolute atomic E-state index is 0.0586. The summed E-state index contributed by atoms with van der Waals surface area (Å²) in [6.07, 6.45) is 1.59. The highest BCUT2D eigenvalue weighted by atomic mass is 16.5. The fourth-order valence-electron chi connectivity index (χ4n) is 1.77. The number of nitrogens with one attached hydrogen (secondary N) is 1. The highest BCUT2D eigenvalue weighted by Crippen LogP contribution is 2.17. The predicted molar refractivity (Wildman–Crippen MR) is 59.4 cm³/mol. The zero-order valence-electron chi connectivity index (χ0n) is 9.88. The van der Waals surface area contributed by atoms with Crippen LogP contribution in [-0.4, -0.2) is 30.7 Å². The summed E-state index contributed by atoms with van der Waals surface area (Å²) in [5.74, 6) is 0.384. The second kappa shape index (κ2) is 4.94. The Hall–Kier alpha value is -0.610. The van der Waals surface area contributed by atoms with Crippen LogP contribution in [-0.2, 0) is 9.53 Å². The molecule has 88 valence electrons. The van der Waals surface area contributed by atoms with Gasteiger partial charge in [0, 0.05) is 6.61 Å². The summed E-state index contributed by atoms with van der Waals surface area (Å²) in [7, 11) is 0. The third-order valence-corrected chi connectivity index (χ3v) is 2.71. The van der Waals surface area contributed by atoms with Crippen LogP contribution < -0.4 is 11.1 Å². The van der Waals surface area contributed by atoms with E-state index >= 15 is 0 Å². The van der Waals surface area contributed by atoms with E-state index in [0.717, 1.165) is 19.4 Å². The Morgan fingerprint density at radius 3 is 2.73 bits per heavy atom. The van der Waals surface area contributed by atoms with Gasteiger partial charge in [0.1, 0.15) is 0 Å². The van der Waals surface area contributed by atoms with Crippen molar-refractivity contribution >= 4 is 5.91 Å². The van der Waals surface area contributed by atoms with E-state index in [1.165, 1.54) is 0 Å². The van der Waals surface area contributed by atoms with Crippen LogP contribution in [0, 0.1) is 5.92 Å². The number of ether oxygens (including phenoxy) is 1. The summed E-state index contributed by atoms with van der Waals surface area (Å²) < 4.78 is 5.27. The zero-order chi connectivity index (χ0) is 11.5. The van der Waals surface area contributed by atoms with Crippen molar-refractivity contribution in [3.8, 4) is 0 Å². The third-order valence-electron chi connectivity index (χ3n) is 2.71. The van der Waals surface area contributed by atoms with E-state index < -0.39 is 6.04 Å². The van der Waals surface area contributed by atoms with Gasteiger partial charge in [0.25, 0.3) is 0 Å². The summed E-state index contributed by atoms with van der Waals surface area (Å²) >= 11 is 0. The molecule has 1 saturated heterocycles. The topological polar surface area (TPSA) is 64.4 Å². The molecule has 4 heteroatoms. The summed E-state index contributed by atoms with van der Waals surface area (Å²) in [6.45, 7) is 7.43. The molecular weight excluding hydrogens is 192 g/mol. The Balaban J connectivity index is 2.40. The molecule has 1 rings (SSSR count). The summed E-state index contributed by atoms with van der Waals surface area (Å²) in [5.41, 5.74) is 5.59. The molecule has 1 aliphatic rings. The number of nitrogens with two attached hydrogens (primary N) is 1. The average Bonchev–Trinajstić information content (AvgIpc) is 2.50. The molecule has 1 heterocycles. The predicted octanol–water partition coefficient (Wildman–Crippen LogP) is 0.655. The Labute approximate surface area is 91.5 Å². The van der Waals surface area contributed by atoms with Crippen molar-refractivity contribution in [3.63, 3.8) is 0 Å². The van der Waals surface area contributed by atoms with Crippen molar-refractivity contribution in [2.24, 2.45) is 11.7 Å². The first-order valence-electron chi connectivity index (χ1n) is 5.58. The monoisotopic (exact) mass is 214 g/mol. The Morgan fingerprint density at radius 2 is 2.27 bits per heavy atom. The maximum atomic E-state index is 11.7. The molecule has 3 N–H and O–H groups in total. The molecule has 0 radical (unpaired) electrons. The van der Waals surface area contributed by atoms with E-state index in [4.69, 9.17) is 10.5 Å². The van der Waals surface area contributed by atoms with Gasteiger partial charge < -0.3 is 15.8 Å². The Bertz CT molecular complexity index is 223. The summed E-state index contributed by atoms with van der Waals surface area (Å²) in [6, 6.07) is -0.401. The summed E-state index contributed by atoms with van der Waals surface area (Å²) in [4.78, 5) is 11.7. The second-order valence-corrected chi connectivity index (χ2v) is 5.09. The van der Waals surface area contributed by atoms with Crippen molar-refractivity contribution in [3.05, 3.63) is 0 Å². The molecule has 4 nitrogen and oxygen atoms in total. The Morgan fingerprint density at radius 1 is 1.60 bits per heavy atom. The molecule has 1 fully saturated rings. The van der Waals surface area contributed by atoms with Crippen LogP contribution in [0.4, 0.5) is 0 Å². The van der Waals surface area contributed by atoms with Crippen LogP contribution >= 0.6 is 0 Å². The van der Waals surface area contributed by atoms with Crippen molar-refractivity contribution in [2.45, 2.75) is 45.2 Å². The molecule has 0 aromatic rings. The van der Waals surface area contributed by atoms with Crippen LogP contribution in [0.2, 0.25) is 0 Å². The number of carbonyl (C=O) groups excluding carboxylic acids is 1. The van der Waals surface area contributed by atoms with Gasteiger partial charge in [0.05, 0.1) is 18.2 Å². The van der Waals surface area contributed by atoms with Crippen molar-refractivity contribution < 1.29 is 9.53 Å². The molecule has 15 heavy (non-hydrogen) atoms. The largest absolute Gasteiger partial charge is 0.379 e. The van der Waals surface area contributed by atoms with Crippen LogP contribution in [0.1, 0.15) is 33.6 Å². The highest BCUT2D eigenvalue weighted by molar-refractivity contribution is 5.82. The quantitative estimate of drug-likeness (QED) is 0.722. The molecule has 0 saturated carbocycles. The first-order chi connectivity index (χ1) is 6.93. The summed E-state index contributed by atoms with van der Waals surface area (Å²) in [5, 5.41) is 2.97. The molecule has 2 atom stereocenters. The van der Waals surface area contributed by atoms with E-state index in [0.29, 0.717) is 12.5 Å². The van der Waals surface area contributed by atoms with Crippen LogP contribution in [0.25, 0.3) is 0 Å². The molecule has 2 unspecified atom stereocenters.